The van der Waals surface area contributed by atoms with Crippen molar-refractivity contribution >= 4 is 40.2 Å². The average molecular weight is 443 g/mol. The van der Waals surface area contributed by atoms with Crippen LogP contribution in [-0.4, -0.2) is 34.9 Å². The number of imidazole rings is 1. The number of aromatic nitrogens is 2. The first-order valence-electron chi connectivity index (χ1n) is 9.22. The Kier molecular flexibility index (Phi) is 5.40. The van der Waals surface area contributed by atoms with E-state index in [-0.39, 0.29) is 19.0 Å². The summed E-state index contributed by atoms with van der Waals surface area (Å²) < 4.78 is 43.5. The second-order valence-corrected chi connectivity index (χ2v) is 8.14. The maximum absolute atomic E-state index is 14.0. The van der Waals surface area contributed by atoms with E-state index in [1.807, 2.05) is 11.8 Å². The fourth-order valence-corrected chi connectivity index (χ4v) is 4.36. The predicted octanol–water partition coefficient (Wildman–Crippen LogP) is 5.11. The number of alkyl halides is 1. The molecule has 1 aliphatic heterocycles. The van der Waals surface area contributed by atoms with Gasteiger partial charge in [-0.2, -0.15) is 0 Å². The summed E-state index contributed by atoms with van der Waals surface area (Å²) in [6.07, 6.45) is -0.842. The van der Waals surface area contributed by atoms with Crippen LogP contribution in [0.5, 0.6) is 0 Å². The van der Waals surface area contributed by atoms with E-state index in [0.29, 0.717) is 33.6 Å². The molecule has 154 valence electrons. The summed E-state index contributed by atoms with van der Waals surface area (Å²) in [4.78, 5) is 6.37. The van der Waals surface area contributed by atoms with Crippen LogP contribution in [0.4, 0.5) is 19.1 Å². The maximum Gasteiger partial charge on any atom is 0.207 e. The fraction of sp³-hybridized carbons (Fsp3) is 0.350. The molecule has 29 heavy (non-hydrogen) atoms. The normalized spacial score (nSPS) is 21.0. The van der Waals surface area contributed by atoms with Crippen molar-refractivity contribution in [1.29, 1.82) is 0 Å². The number of halogens is 5. The van der Waals surface area contributed by atoms with Gasteiger partial charge in [0.2, 0.25) is 5.95 Å². The highest BCUT2D eigenvalue weighted by molar-refractivity contribution is 6.35. The van der Waals surface area contributed by atoms with Crippen molar-refractivity contribution < 1.29 is 13.2 Å². The molecule has 0 amide bonds. The smallest absolute Gasteiger partial charge is 0.207 e. The number of hydrogen-bond acceptors (Lipinski definition) is 3. The summed E-state index contributed by atoms with van der Waals surface area (Å²) in [6, 6.07) is 6.25. The van der Waals surface area contributed by atoms with Crippen LogP contribution < -0.4 is 10.6 Å². The summed E-state index contributed by atoms with van der Waals surface area (Å²) in [7, 11) is 0. The Morgan fingerprint density at radius 2 is 1.90 bits per heavy atom. The van der Waals surface area contributed by atoms with Crippen LogP contribution in [0, 0.1) is 11.6 Å². The van der Waals surface area contributed by atoms with Gasteiger partial charge in [-0.05, 0) is 31.0 Å². The molecule has 1 aliphatic rings. The third-order valence-electron chi connectivity index (χ3n) is 5.37. The van der Waals surface area contributed by atoms with Crippen molar-refractivity contribution in [2.45, 2.75) is 31.6 Å². The molecule has 2 N–H and O–H groups in total. The van der Waals surface area contributed by atoms with Crippen LogP contribution >= 0.6 is 23.2 Å². The Labute approximate surface area is 176 Å². The summed E-state index contributed by atoms with van der Waals surface area (Å²) >= 11 is 12.4. The fourth-order valence-electron chi connectivity index (χ4n) is 3.80. The first-order valence-corrected chi connectivity index (χ1v) is 9.98. The molecule has 2 heterocycles. The molecule has 0 aliphatic carbocycles. The van der Waals surface area contributed by atoms with Gasteiger partial charge in [0.1, 0.15) is 6.17 Å². The molecule has 1 aromatic heterocycles. The molecule has 4 nitrogen and oxygen atoms in total. The van der Waals surface area contributed by atoms with Crippen molar-refractivity contribution in [3.8, 4) is 0 Å². The second-order valence-electron chi connectivity index (χ2n) is 7.29. The molecule has 0 bridgehead atoms. The number of fused-ring (bicyclic) bond motifs is 1. The molecule has 0 saturated carbocycles. The third-order valence-corrected chi connectivity index (χ3v) is 5.93. The zero-order valence-corrected chi connectivity index (χ0v) is 17.1. The Balaban J connectivity index is 1.89. The number of hydrogen-bond donors (Lipinski definition) is 1. The van der Waals surface area contributed by atoms with Gasteiger partial charge in [0.05, 0.1) is 23.1 Å². The Morgan fingerprint density at radius 1 is 1.17 bits per heavy atom. The minimum absolute atomic E-state index is 0.247. The highest BCUT2D eigenvalue weighted by Crippen LogP contribution is 2.36. The van der Waals surface area contributed by atoms with E-state index < -0.39 is 23.8 Å². The first kappa shape index (κ1) is 20.3. The van der Waals surface area contributed by atoms with Crippen molar-refractivity contribution in [3.63, 3.8) is 0 Å². The molecule has 1 unspecified atom stereocenters. The number of anilines is 1. The highest BCUT2D eigenvalue weighted by Gasteiger charge is 2.31. The van der Waals surface area contributed by atoms with Gasteiger partial charge in [-0.3, -0.25) is 0 Å². The SMILES string of the molecule is CC(c1ccc(Cl)cc1Cl)n1c(N2CC[C@@H](F)[C@H](N)C2)nc2cc(F)c(F)cc21. The van der Waals surface area contributed by atoms with Gasteiger partial charge in [0.25, 0.3) is 0 Å². The quantitative estimate of drug-likeness (QED) is 0.613. The van der Waals surface area contributed by atoms with Crippen LogP contribution in [0.25, 0.3) is 11.0 Å². The van der Waals surface area contributed by atoms with Gasteiger partial charge < -0.3 is 15.2 Å². The Morgan fingerprint density at radius 3 is 2.59 bits per heavy atom. The van der Waals surface area contributed by atoms with Crippen LogP contribution in [-0.2, 0) is 0 Å². The van der Waals surface area contributed by atoms with Crippen molar-refractivity contribution in [2.24, 2.45) is 5.73 Å². The monoisotopic (exact) mass is 442 g/mol. The molecule has 3 atom stereocenters. The predicted molar refractivity (Wildman–Crippen MR) is 110 cm³/mol. The average Bonchev–Trinajstić information content (AvgIpc) is 3.02. The first-order chi connectivity index (χ1) is 13.8. The van der Waals surface area contributed by atoms with Gasteiger partial charge in [0.15, 0.2) is 11.6 Å². The summed E-state index contributed by atoms with van der Waals surface area (Å²) in [5, 5.41) is 0.935. The molecule has 1 saturated heterocycles. The molecule has 1 fully saturated rings. The van der Waals surface area contributed by atoms with Crippen molar-refractivity contribution in [2.75, 3.05) is 18.0 Å². The lowest BCUT2D eigenvalue weighted by molar-refractivity contribution is 0.243. The zero-order valence-electron chi connectivity index (χ0n) is 15.5. The van der Waals surface area contributed by atoms with Gasteiger partial charge >= 0.3 is 0 Å². The van der Waals surface area contributed by atoms with Gasteiger partial charge in [-0.25, -0.2) is 18.2 Å². The number of nitrogens with two attached hydrogens (primary N) is 1. The molecular weight excluding hydrogens is 424 g/mol. The minimum Gasteiger partial charge on any atom is -0.340 e. The number of piperidine rings is 1. The Hall–Kier alpha value is -1.96. The largest absolute Gasteiger partial charge is 0.340 e. The summed E-state index contributed by atoms with van der Waals surface area (Å²) in [5.74, 6) is -1.49. The Bertz CT molecular complexity index is 1070. The van der Waals surface area contributed by atoms with E-state index in [2.05, 4.69) is 4.98 Å². The van der Waals surface area contributed by atoms with Crippen LogP contribution in [0.2, 0.25) is 10.0 Å². The number of benzene rings is 2. The number of nitrogens with zero attached hydrogens (tertiary/aromatic N) is 3. The van der Waals surface area contributed by atoms with E-state index in [1.165, 1.54) is 0 Å². The van der Waals surface area contributed by atoms with Crippen molar-refractivity contribution in [1.82, 2.24) is 9.55 Å². The van der Waals surface area contributed by atoms with Gasteiger partial charge in [-0.15, -0.1) is 0 Å². The van der Waals surface area contributed by atoms with Gasteiger partial charge in [-0.1, -0.05) is 29.3 Å². The standard InChI is InChI=1S/C20H19Cl2F3N4/c1-10(12-3-2-11(21)6-13(12)22)29-19-8-16(25)15(24)7-18(19)27-20(29)28-5-4-14(23)17(26)9-28/h2-3,6-8,10,14,17H,4-5,9,26H2,1H3/t10?,14-,17-/m1/s1. The van der Waals surface area contributed by atoms with E-state index in [0.717, 1.165) is 17.7 Å². The zero-order chi connectivity index (χ0) is 20.9. The van der Waals surface area contributed by atoms with E-state index in [1.54, 1.807) is 22.8 Å². The maximum atomic E-state index is 14.0. The molecule has 4 rings (SSSR count). The van der Waals surface area contributed by atoms with Gasteiger partial charge in [0, 0.05) is 35.3 Å². The highest BCUT2D eigenvalue weighted by atomic mass is 35.5. The minimum atomic E-state index is -1.10. The molecule has 0 radical (unpaired) electrons. The van der Waals surface area contributed by atoms with E-state index in [9.17, 15) is 13.2 Å². The molecule has 9 heteroatoms. The summed E-state index contributed by atoms with van der Waals surface area (Å²) in [6.45, 7) is 2.52. The third kappa shape index (κ3) is 3.67. The summed E-state index contributed by atoms with van der Waals surface area (Å²) in [5.41, 5.74) is 7.37. The van der Waals surface area contributed by atoms with Crippen LogP contribution in [0.1, 0.15) is 24.9 Å². The van der Waals surface area contributed by atoms with Crippen molar-refractivity contribution in [3.05, 3.63) is 57.6 Å². The van der Waals surface area contributed by atoms with E-state index >= 15 is 0 Å². The lowest BCUT2D eigenvalue weighted by Gasteiger charge is -2.35. The molecule has 3 aromatic rings. The lowest BCUT2D eigenvalue weighted by atomic mass is 10.0. The lowest BCUT2D eigenvalue weighted by Crippen LogP contribution is -2.50. The van der Waals surface area contributed by atoms with Crippen LogP contribution in [0.3, 0.4) is 0 Å². The van der Waals surface area contributed by atoms with E-state index in [4.69, 9.17) is 28.9 Å². The van der Waals surface area contributed by atoms with Crippen LogP contribution in [0.15, 0.2) is 30.3 Å². The molecule has 0 spiro atoms. The molecule has 2 aromatic carbocycles. The molecular formula is C20H19Cl2F3N4. The second kappa shape index (κ2) is 7.70. The number of rotatable bonds is 3. The topological polar surface area (TPSA) is 47.1 Å².